The topological polar surface area (TPSA) is 60.4 Å². The Balaban J connectivity index is 2.89. The third-order valence-corrected chi connectivity index (χ3v) is 4.17. The number of hydrogen-bond acceptors (Lipinski definition) is 4. The maximum absolute atomic E-state index is 12.7. The number of benzene rings is 1. The van der Waals surface area contributed by atoms with Crippen LogP contribution < -0.4 is 0 Å². The third-order valence-electron chi connectivity index (χ3n) is 2.25. The normalized spacial score (nSPS) is 13.1. The smallest absolute Gasteiger partial charge is 0.309 e. The number of carbonyl (C=O) groups is 1. The van der Waals surface area contributed by atoms with Gasteiger partial charge in [0.15, 0.2) is 9.84 Å². The lowest BCUT2D eigenvalue weighted by atomic mass is 10.2. The summed E-state index contributed by atoms with van der Waals surface area (Å²) < 4.78 is 40.8. The molecule has 0 saturated heterocycles. The number of halogens is 1. The molecule has 0 aliphatic heterocycles. The fourth-order valence-corrected chi connectivity index (χ4v) is 2.87. The van der Waals surface area contributed by atoms with Crippen molar-refractivity contribution in [3.8, 4) is 0 Å². The summed E-state index contributed by atoms with van der Waals surface area (Å²) in [7, 11) is -2.40. The van der Waals surface area contributed by atoms with E-state index in [2.05, 4.69) is 4.74 Å². The van der Waals surface area contributed by atoms with Crippen LogP contribution in [0.4, 0.5) is 4.39 Å². The van der Waals surface area contributed by atoms with Gasteiger partial charge in [-0.25, -0.2) is 12.8 Å². The van der Waals surface area contributed by atoms with Crippen LogP contribution in [0, 0.1) is 11.7 Å². The van der Waals surface area contributed by atoms with Gasteiger partial charge in [-0.1, -0.05) is 6.92 Å². The zero-order valence-electron chi connectivity index (χ0n) is 9.51. The van der Waals surface area contributed by atoms with Gasteiger partial charge in [0, 0.05) is 0 Å². The molecule has 1 unspecified atom stereocenters. The molecule has 0 amide bonds. The van der Waals surface area contributed by atoms with E-state index < -0.39 is 27.5 Å². The fourth-order valence-electron chi connectivity index (χ4n) is 1.34. The maximum Gasteiger partial charge on any atom is 0.309 e. The van der Waals surface area contributed by atoms with Crippen molar-refractivity contribution in [1.29, 1.82) is 0 Å². The molecule has 6 heteroatoms. The van der Waals surface area contributed by atoms with Crippen LogP contribution in [0.3, 0.4) is 0 Å². The van der Waals surface area contributed by atoms with E-state index in [0.717, 1.165) is 12.1 Å². The zero-order chi connectivity index (χ0) is 13.1. The number of hydrogen-bond donors (Lipinski definition) is 0. The van der Waals surface area contributed by atoms with Crippen molar-refractivity contribution in [3.05, 3.63) is 30.1 Å². The summed E-state index contributed by atoms with van der Waals surface area (Å²) in [6.45, 7) is 1.47. The lowest BCUT2D eigenvalue weighted by Crippen LogP contribution is -2.22. The van der Waals surface area contributed by atoms with E-state index in [-0.39, 0.29) is 10.6 Å². The molecule has 0 spiro atoms. The first-order valence-electron chi connectivity index (χ1n) is 4.93. The Morgan fingerprint density at radius 1 is 1.35 bits per heavy atom. The Morgan fingerprint density at radius 2 is 1.88 bits per heavy atom. The minimum Gasteiger partial charge on any atom is -0.469 e. The van der Waals surface area contributed by atoms with Crippen LogP contribution in [0.15, 0.2) is 29.2 Å². The van der Waals surface area contributed by atoms with Gasteiger partial charge in [-0.2, -0.15) is 0 Å². The Morgan fingerprint density at radius 3 is 2.35 bits per heavy atom. The maximum atomic E-state index is 12.7. The number of esters is 1. The summed E-state index contributed by atoms with van der Waals surface area (Å²) in [5.41, 5.74) is 0. The van der Waals surface area contributed by atoms with E-state index >= 15 is 0 Å². The molecule has 0 radical (unpaired) electrons. The zero-order valence-corrected chi connectivity index (χ0v) is 10.3. The summed E-state index contributed by atoms with van der Waals surface area (Å²) >= 11 is 0. The molecular formula is C11H13FO4S. The highest BCUT2D eigenvalue weighted by Crippen LogP contribution is 2.15. The first-order chi connectivity index (χ1) is 7.86. The lowest BCUT2D eigenvalue weighted by molar-refractivity contribution is -0.144. The highest BCUT2D eigenvalue weighted by atomic mass is 32.2. The van der Waals surface area contributed by atoms with Crippen LogP contribution >= 0.6 is 0 Å². The molecule has 1 aromatic rings. The summed E-state index contributed by atoms with van der Waals surface area (Å²) in [6.07, 6.45) is 0. The molecular weight excluding hydrogens is 247 g/mol. The monoisotopic (exact) mass is 260 g/mol. The standard InChI is InChI=1S/C11H13FO4S/c1-8(11(13)16-2)7-17(14,15)10-5-3-9(12)4-6-10/h3-6,8H,7H2,1-2H3. The minimum absolute atomic E-state index is 0.00495. The predicted octanol–water partition coefficient (Wildman–Crippen LogP) is 1.41. The van der Waals surface area contributed by atoms with Gasteiger partial charge in [-0.3, -0.25) is 4.79 Å². The van der Waals surface area contributed by atoms with Crippen LogP contribution in [-0.4, -0.2) is 27.2 Å². The number of rotatable bonds is 4. The van der Waals surface area contributed by atoms with E-state index in [1.54, 1.807) is 0 Å². The third kappa shape index (κ3) is 3.52. The van der Waals surface area contributed by atoms with Crippen LogP contribution in [-0.2, 0) is 19.4 Å². The molecule has 0 aliphatic carbocycles. The van der Waals surface area contributed by atoms with Gasteiger partial charge >= 0.3 is 5.97 Å². The van der Waals surface area contributed by atoms with Crippen molar-refractivity contribution in [2.45, 2.75) is 11.8 Å². The Hall–Kier alpha value is -1.43. The van der Waals surface area contributed by atoms with Crippen LogP contribution in [0.2, 0.25) is 0 Å². The number of sulfone groups is 1. The van der Waals surface area contributed by atoms with E-state index in [0.29, 0.717) is 0 Å². The molecule has 0 saturated carbocycles. The number of carbonyl (C=O) groups excluding carboxylic acids is 1. The molecule has 1 atom stereocenters. The Kier molecular flexibility index (Phi) is 4.22. The molecule has 0 fully saturated rings. The first kappa shape index (κ1) is 13.6. The van der Waals surface area contributed by atoms with Gasteiger partial charge < -0.3 is 4.74 Å². The second kappa shape index (κ2) is 5.27. The van der Waals surface area contributed by atoms with E-state index in [4.69, 9.17) is 0 Å². The molecule has 94 valence electrons. The van der Waals surface area contributed by atoms with Crippen molar-refractivity contribution in [1.82, 2.24) is 0 Å². The van der Waals surface area contributed by atoms with Crippen molar-refractivity contribution < 1.29 is 22.3 Å². The van der Waals surface area contributed by atoms with E-state index in [1.165, 1.54) is 26.2 Å². The SMILES string of the molecule is COC(=O)C(C)CS(=O)(=O)c1ccc(F)cc1. The minimum atomic E-state index is -3.60. The average molecular weight is 260 g/mol. The molecule has 0 N–H and O–H groups in total. The largest absolute Gasteiger partial charge is 0.469 e. The quantitative estimate of drug-likeness (QED) is 0.606. The van der Waals surface area contributed by atoms with Gasteiger partial charge in [0.2, 0.25) is 0 Å². The molecule has 1 rings (SSSR count). The summed E-state index contributed by atoms with van der Waals surface area (Å²) in [5, 5.41) is 0. The molecule has 0 bridgehead atoms. The van der Waals surface area contributed by atoms with Crippen molar-refractivity contribution >= 4 is 15.8 Å². The van der Waals surface area contributed by atoms with Crippen LogP contribution in [0.5, 0.6) is 0 Å². The molecule has 1 aromatic carbocycles. The van der Waals surface area contributed by atoms with Gasteiger partial charge in [0.25, 0.3) is 0 Å². The molecule has 0 heterocycles. The van der Waals surface area contributed by atoms with Crippen LogP contribution in [0.25, 0.3) is 0 Å². The van der Waals surface area contributed by atoms with E-state index in [1.807, 2.05) is 0 Å². The molecule has 4 nitrogen and oxygen atoms in total. The van der Waals surface area contributed by atoms with Gasteiger partial charge in [0.05, 0.1) is 23.7 Å². The Labute approximate surface area is 99.3 Å². The molecule has 0 aromatic heterocycles. The predicted molar refractivity (Wildman–Crippen MR) is 59.6 cm³/mol. The Bertz CT molecular complexity index is 493. The summed E-state index contributed by atoms with van der Waals surface area (Å²) in [6, 6.07) is 4.48. The second-order valence-electron chi connectivity index (χ2n) is 3.66. The average Bonchev–Trinajstić information content (AvgIpc) is 2.27. The van der Waals surface area contributed by atoms with Gasteiger partial charge in [0.1, 0.15) is 5.82 Å². The van der Waals surface area contributed by atoms with E-state index in [9.17, 15) is 17.6 Å². The molecule has 0 aliphatic rings. The highest BCUT2D eigenvalue weighted by molar-refractivity contribution is 7.91. The van der Waals surface area contributed by atoms with Gasteiger partial charge in [-0.05, 0) is 24.3 Å². The first-order valence-corrected chi connectivity index (χ1v) is 6.58. The van der Waals surface area contributed by atoms with Crippen molar-refractivity contribution in [2.24, 2.45) is 5.92 Å². The van der Waals surface area contributed by atoms with Crippen LogP contribution in [0.1, 0.15) is 6.92 Å². The summed E-state index contributed by atoms with van der Waals surface area (Å²) in [5.74, 6) is -2.21. The van der Waals surface area contributed by atoms with Crippen molar-refractivity contribution in [2.75, 3.05) is 12.9 Å². The van der Waals surface area contributed by atoms with Gasteiger partial charge in [-0.15, -0.1) is 0 Å². The number of ether oxygens (including phenoxy) is 1. The summed E-state index contributed by atoms with van der Waals surface area (Å²) in [4.78, 5) is 11.1. The second-order valence-corrected chi connectivity index (χ2v) is 5.69. The lowest BCUT2D eigenvalue weighted by Gasteiger charge is -2.09. The fraction of sp³-hybridized carbons (Fsp3) is 0.364. The van der Waals surface area contributed by atoms with Crippen molar-refractivity contribution in [3.63, 3.8) is 0 Å². The highest BCUT2D eigenvalue weighted by Gasteiger charge is 2.23. The molecule has 17 heavy (non-hydrogen) atoms. The number of methoxy groups -OCH3 is 1.